The van der Waals surface area contributed by atoms with E-state index >= 15 is 0 Å². The summed E-state index contributed by atoms with van der Waals surface area (Å²) in [4.78, 5) is 22.0. The lowest BCUT2D eigenvalue weighted by Crippen LogP contribution is -2.09. The van der Waals surface area contributed by atoms with Crippen molar-refractivity contribution in [1.82, 2.24) is 0 Å². The fourth-order valence-corrected chi connectivity index (χ4v) is 1.68. The Labute approximate surface area is 107 Å². The molecular weight excluding hydrogens is 288 g/mol. The summed E-state index contributed by atoms with van der Waals surface area (Å²) in [5, 5.41) is 8.46. The SMILES string of the molecule is C=C(C)C(=O)c1ccc(OCC(=O)O)cc1Br. The van der Waals surface area contributed by atoms with Crippen molar-refractivity contribution in [3.8, 4) is 5.75 Å². The highest BCUT2D eigenvalue weighted by Crippen LogP contribution is 2.24. The lowest BCUT2D eigenvalue weighted by molar-refractivity contribution is -0.139. The number of ether oxygens (including phenoxy) is 1. The summed E-state index contributed by atoms with van der Waals surface area (Å²) >= 11 is 3.23. The molecule has 0 bridgehead atoms. The molecule has 1 aromatic carbocycles. The fraction of sp³-hybridized carbons (Fsp3) is 0.167. The van der Waals surface area contributed by atoms with Crippen LogP contribution in [0.3, 0.4) is 0 Å². The van der Waals surface area contributed by atoms with Crippen LogP contribution in [0.15, 0.2) is 34.8 Å². The molecule has 0 fully saturated rings. The molecule has 1 aromatic rings. The molecule has 1 rings (SSSR count). The second kappa shape index (κ2) is 5.63. The van der Waals surface area contributed by atoms with Gasteiger partial charge in [0.1, 0.15) is 5.75 Å². The van der Waals surface area contributed by atoms with E-state index in [1.54, 1.807) is 25.1 Å². The average molecular weight is 299 g/mol. The van der Waals surface area contributed by atoms with Gasteiger partial charge in [0.15, 0.2) is 12.4 Å². The van der Waals surface area contributed by atoms with Crippen LogP contribution < -0.4 is 4.74 Å². The number of allylic oxidation sites excluding steroid dienone is 1. The van der Waals surface area contributed by atoms with Crippen molar-refractivity contribution in [2.45, 2.75) is 6.92 Å². The molecule has 0 saturated carbocycles. The predicted molar refractivity (Wildman–Crippen MR) is 66.4 cm³/mol. The third-order valence-electron chi connectivity index (χ3n) is 1.94. The second-order valence-corrected chi connectivity index (χ2v) is 4.29. The summed E-state index contributed by atoms with van der Waals surface area (Å²) in [7, 11) is 0. The van der Waals surface area contributed by atoms with Crippen LogP contribution in [0.1, 0.15) is 17.3 Å². The van der Waals surface area contributed by atoms with Crippen molar-refractivity contribution in [3.63, 3.8) is 0 Å². The Hall–Kier alpha value is -1.62. The molecule has 17 heavy (non-hydrogen) atoms. The van der Waals surface area contributed by atoms with E-state index in [9.17, 15) is 9.59 Å². The number of carboxylic acid groups (broad SMARTS) is 1. The zero-order valence-electron chi connectivity index (χ0n) is 9.20. The highest BCUT2D eigenvalue weighted by molar-refractivity contribution is 9.10. The minimum atomic E-state index is -1.05. The van der Waals surface area contributed by atoms with E-state index in [0.29, 0.717) is 21.4 Å². The van der Waals surface area contributed by atoms with Crippen LogP contribution in [-0.4, -0.2) is 23.5 Å². The average Bonchev–Trinajstić information content (AvgIpc) is 2.25. The van der Waals surface area contributed by atoms with Crippen molar-refractivity contribution >= 4 is 27.7 Å². The molecule has 1 N–H and O–H groups in total. The standard InChI is InChI=1S/C12H11BrO4/c1-7(2)12(16)9-4-3-8(5-10(9)13)17-6-11(14)15/h3-5H,1,6H2,2H3,(H,14,15). The molecule has 0 atom stereocenters. The molecular formula is C12H11BrO4. The van der Waals surface area contributed by atoms with E-state index in [1.807, 2.05) is 0 Å². The summed E-state index contributed by atoms with van der Waals surface area (Å²) in [5.74, 6) is -0.831. The van der Waals surface area contributed by atoms with Crippen molar-refractivity contribution in [1.29, 1.82) is 0 Å². The molecule has 0 aliphatic heterocycles. The number of benzene rings is 1. The number of rotatable bonds is 5. The van der Waals surface area contributed by atoms with Gasteiger partial charge in [0.2, 0.25) is 0 Å². The Balaban J connectivity index is 2.90. The molecule has 90 valence electrons. The number of Topliss-reactive ketones (excluding diaryl/α,β-unsaturated/α-hetero) is 1. The summed E-state index contributed by atoms with van der Waals surface area (Å²) < 4.78 is 5.53. The first kappa shape index (κ1) is 13.4. The molecule has 0 radical (unpaired) electrons. The monoisotopic (exact) mass is 298 g/mol. The maximum atomic E-state index is 11.7. The highest BCUT2D eigenvalue weighted by Gasteiger charge is 2.11. The minimum absolute atomic E-state index is 0.165. The van der Waals surface area contributed by atoms with Gasteiger partial charge in [-0.15, -0.1) is 0 Å². The first-order valence-electron chi connectivity index (χ1n) is 4.76. The third kappa shape index (κ3) is 3.71. The van der Waals surface area contributed by atoms with Gasteiger partial charge >= 0.3 is 5.97 Å². The Kier molecular flexibility index (Phi) is 4.45. The smallest absolute Gasteiger partial charge is 0.341 e. The van der Waals surface area contributed by atoms with E-state index in [1.165, 1.54) is 0 Å². The van der Waals surface area contributed by atoms with Gasteiger partial charge in [-0.25, -0.2) is 4.79 Å². The van der Waals surface area contributed by atoms with Crippen LogP contribution in [-0.2, 0) is 4.79 Å². The maximum absolute atomic E-state index is 11.7. The highest BCUT2D eigenvalue weighted by atomic mass is 79.9. The molecule has 0 saturated heterocycles. The van der Waals surface area contributed by atoms with E-state index in [4.69, 9.17) is 9.84 Å². The number of carboxylic acids is 1. The first-order valence-corrected chi connectivity index (χ1v) is 5.55. The number of hydrogen-bond acceptors (Lipinski definition) is 3. The van der Waals surface area contributed by atoms with Crippen LogP contribution in [0.4, 0.5) is 0 Å². The van der Waals surface area contributed by atoms with Gasteiger partial charge in [-0.3, -0.25) is 4.79 Å². The van der Waals surface area contributed by atoms with Crippen molar-refractivity contribution in [2.75, 3.05) is 6.61 Å². The Morgan fingerprint density at radius 2 is 2.12 bits per heavy atom. The van der Waals surface area contributed by atoms with Crippen molar-refractivity contribution in [3.05, 3.63) is 40.4 Å². The van der Waals surface area contributed by atoms with Gasteiger partial charge in [0.25, 0.3) is 0 Å². The topological polar surface area (TPSA) is 63.6 Å². The first-order chi connectivity index (χ1) is 7.91. The van der Waals surface area contributed by atoms with Crippen LogP contribution in [0, 0.1) is 0 Å². The van der Waals surface area contributed by atoms with Crippen molar-refractivity contribution in [2.24, 2.45) is 0 Å². The third-order valence-corrected chi connectivity index (χ3v) is 2.59. The summed E-state index contributed by atoms with van der Waals surface area (Å²) in [5.41, 5.74) is 0.907. The fourth-order valence-electron chi connectivity index (χ4n) is 1.14. The van der Waals surface area contributed by atoms with Gasteiger partial charge in [-0.2, -0.15) is 0 Å². The molecule has 0 aliphatic carbocycles. The second-order valence-electron chi connectivity index (χ2n) is 3.43. The summed E-state index contributed by atoms with van der Waals surface area (Å²) in [6.07, 6.45) is 0. The lowest BCUT2D eigenvalue weighted by atomic mass is 10.1. The maximum Gasteiger partial charge on any atom is 0.341 e. The minimum Gasteiger partial charge on any atom is -0.482 e. The summed E-state index contributed by atoms with van der Waals surface area (Å²) in [6.45, 7) is 4.79. The molecule has 0 unspecified atom stereocenters. The van der Waals surface area contributed by atoms with Crippen LogP contribution in [0.5, 0.6) is 5.75 Å². The van der Waals surface area contributed by atoms with Gasteiger partial charge in [0, 0.05) is 10.0 Å². The number of carbonyl (C=O) groups is 2. The number of aliphatic carboxylic acids is 1. The van der Waals surface area contributed by atoms with Gasteiger partial charge in [-0.05, 0) is 46.6 Å². The quantitative estimate of drug-likeness (QED) is 0.670. The van der Waals surface area contributed by atoms with E-state index in [-0.39, 0.29) is 5.78 Å². The largest absolute Gasteiger partial charge is 0.482 e. The van der Waals surface area contributed by atoms with E-state index in [0.717, 1.165) is 0 Å². The number of carbonyl (C=O) groups excluding carboxylic acids is 1. The zero-order valence-corrected chi connectivity index (χ0v) is 10.8. The van der Waals surface area contributed by atoms with Gasteiger partial charge in [0.05, 0.1) is 0 Å². The number of halogens is 1. The predicted octanol–water partition coefficient (Wildman–Crippen LogP) is 2.67. The molecule has 0 amide bonds. The molecule has 0 aliphatic rings. The van der Waals surface area contributed by atoms with Crippen LogP contribution in [0.2, 0.25) is 0 Å². The molecule has 0 heterocycles. The number of hydrogen-bond donors (Lipinski definition) is 1. The van der Waals surface area contributed by atoms with Crippen LogP contribution in [0.25, 0.3) is 0 Å². The molecule has 5 heteroatoms. The normalized spacial score (nSPS) is 9.76. The van der Waals surface area contributed by atoms with Gasteiger partial charge < -0.3 is 9.84 Å². The Bertz CT molecular complexity index is 479. The zero-order chi connectivity index (χ0) is 13.0. The van der Waals surface area contributed by atoms with E-state index in [2.05, 4.69) is 22.5 Å². The molecule has 0 spiro atoms. The Morgan fingerprint density at radius 3 is 2.59 bits per heavy atom. The Morgan fingerprint density at radius 1 is 1.47 bits per heavy atom. The molecule has 0 aromatic heterocycles. The lowest BCUT2D eigenvalue weighted by Gasteiger charge is -2.07. The van der Waals surface area contributed by atoms with Crippen LogP contribution >= 0.6 is 15.9 Å². The van der Waals surface area contributed by atoms with Crippen molar-refractivity contribution < 1.29 is 19.4 Å². The number of ketones is 1. The summed E-state index contributed by atoms with van der Waals surface area (Å²) in [6, 6.07) is 4.67. The van der Waals surface area contributed by atoms with Gasteiger partial charge in [-0.1, -0.05) is 6.58 Å². The molecule has 4 nitrogen and oxygen atoms in total. The van der Waals surface area contributed by atoms with E-state index < -0.39 is 12.6 Å².